The largest absolute Gasteiger partial charge is 0.337 e. The molecule has 5 rings (SSSR count). The number of thiazole rings is 1. The molecule has 0 spiro atoms. The van der Waals surface area contributed by atoms with Crippen LogP contribution in [0.5, 0.6) is 0 Å². The number of sulfonamides is 1. The Morgan fingerprint density at radius 2 is 1.97 bits per heavy atom. The molecule has 2 aromatic heterocycles. The number of amides is 1. The molecule has 2 aliphatic carbocycles. The van der Waals surface area contributed by atoms with Crippen molar-refractivity contribution < 1.29 is 13.2 Å². The maximum atomic E-state index is 13.4. The summed E-state index contributed by atoms with van der Waals surface area (Å²) in [4.78, 5) is 21.8. The minimum absolute atomic E-state index is 0.0346. The van der Waals surface area contributed by atoms with Gasteiger partial charge < -0.3 is 9.88 Å². The fourth-order valence-electron chi connectivity index (χ4n) is 5.34. The predicted molar refractivity (Wildman–Crippen MR) is 131 cm³/mol. The van der Waals surface area contributed by atoms with Crippen molar-refractivity contribution in [3.63, 3.8) is 0 Å². The zero-order valence-electron chi connectivity index (χ0n) is 18.9. The van der Waals surface area contributed by atoms with Crippen LogP contribution in [-0.2, 0) is 26.8 Å². The molecule has 180 valence electrons. The Morgan fingerprint density at radius 3 is 2.65 bits per heavy atom. The third-order valence-corrected chi connectivity index (χ3v) is 9.33. The Morgan fingerprint density at radius 1 is 1.18 bits per heavy atom. The number of rotatable bonds is 10. The molecule has 1 amide bonds. The molecule has 34 heavy (non-hydrogen) atoms. The van der Waals surface area contributed by atoms with E-state index in [-0.39, 0.29) is 10.8 Å². The maximum absolute atomic E-state index is 13.4. The van der Waals surface area contributed by atoms with Crippen LogP contribution >= 0.6 is 11.3 Å². The lowest BCUT2D eigenvalue weighted by Gasteiger charge is -2.20. The second-order valence-electron chi connectivity index (χ2n) is 9.19. The lowest BCUT2D eigenvalue weighted by molar-refractivity contribution is -0.119. The summed E-state index contributed by atoms with van der Waals surface area (Å²) < 4.78 is 30.1. The van der Waals surface area contributed by atoms with Crippen molar-refractivity contribution in [1.29, 1.82) is 0 Å². The minimum Gasteiger partial charge on any atom is -0.337 e. The minimum atomic E-state index is -3.62. The average molecular weight is 500 g/mol. The third-order valence-electron chi connectivity index (χ3n) is 7.17. The zero-order valence-corrected chi connectivity index (χ0v) is 20.5. The Kier molecular flexibility index (Phi) is 6.54. The van der Waals surface area contributed by atoms with Gasteiger partial charge in [0.2, 0.25) is 15.9 Å². The summed E-state index contributed by atoms with van der Waals surface area (Å²) in [7, 11) is -3.62. The highest BCUT2D eigenvalue weighted by Gasteiger charge is 2.63. The SMILES string of the molecule is O=C(Nc1nccs1)[C@]1(c2ccc(S(=O)(=O)NCCCn3ccnc3)cc2)C[C@H]1C1CCCC1. The average Bonchev–Trinajstić information content (AvgIpc) is 3.36. The number of hydrogen-bond donors (Lipinski definition) is 2. The number of anilines is 1. The number of imidazole rings is 1. The van der Waals surface area contributed by atoms with Crippen LogP contribution in [0.25, 0.3) is 0 Å². The molecular formula is C24H29N5O3S2. The molecule has 0 saturated heterocycles. The van der Waals surface area contributed by atoms with E-state index in [9.17, 15) is 13.2 Å². The molecule has 0 bridgehead atoms. The molecule has 8 nitrogen and oxygen atoms in total. The summed E-state index contributed by atoms with van der Waals surface area (Å²) in [5.41, 5.74) is 0.277. The molecule has 2 N–H and O–H groups in total. The van der Waals surface area contributed by atoms with Gasteiger partial charge in [0, 0.05) is 37.1 Å². The second kappa shape index (κ2) is 9.59. The van der Waals surface area contributed by atoms with Crippen molar-refractivity contribution in [2.24, 2.45) is 11.8 Å². The summed E-state index contributed by atoms with van der Waals surface area (Å²) in [6.45, 7) is 1.03. The quantitative estimate of drug-likeness (QED) is 0.413. The Labute approximate surface area is 203 Å². The van der Waals surface area contributed by atoms with Crippen LogP contribution in [0.1, 0.15) is 44.1 Å². The molecule has 2 fully saturated rings. The smallest absolute Gasteiger partial charge is 0.240 e. The third kappa shape index (κ3) is 4.67. The van der Waals surface area contributed by atoms with Crippen LogP contribution in [0.4, 0.5) is 5.13 Å². The van der Waals surface area contributed by atoms with E-state index in [1.807, 2.05) is 28.3 Å². The normalized spacial score (nSPS) is 22.6. The van der Waals surface area contributed by atoms with E-state index in [2.05, 4.69) is 20.0 Å². The van der Waals surface area contributed by atoms with Gasteiger partial charge in [-0.25, -0.2) is 23.1 Å². The van der Waals surface area contributed by atoms with Gasteiger partial charge >= 0.3 is 0 Å². The van der Waals surface area contributed by atoms with Crippen molar-refractivity contribution >= 4 is 32.4 Å². The predicted octanol–water partition coefficient (Wildman–Crippen LogP) is 3.79. The molecule has 0 unspecified atom stereocenters. The molecular weight excluding hydrogens is 470 g/mol. The summed E-state index contributed by atoms with van der Waals surface area (Å²) in [6, 6.07) is 6.87. The van der Waals surface area contributed by atoms with Gasteiger partial charge in [-0.3, -0.25) is 4.79 Å². The molecule has 0 radical (unpaired) electrons. The highest BCUT2D eigenvalue weighted by Crippen LogP contribution is 2.61. The number of carbonyl (C=O) groups is 1. The number of nitrogens with zero attached hydrogens (tertiary/aromatic N) is 3. The summed E-state index contributed by atoms with van der Waals surface area (Å²) >= 11 is 1.40. The fraction of sp³-hybridized carbons (Fsp3) is 0.458. The topological polar surface area (TPSA) is 106 Å². The molecule has 2 saturated carbocycles. The molecule has 0 aliphatic heterocycles. The number of nitrogens with one attached hydrogen (secondary N) is 2. The molecule has 2 atom stereocenters. The first-order valence-electron chi connectivity index (χ1n) is 11.8. The van der Waals surface area contributed by atoms with Crippen molar-refractivity contribution in [2.75, 3.05) is 11.9 Å². The first-order valence-corrected chi connectivity index (χ1v) is 14.1. The van der Waals surface area contributed by atoms with Crippen molar-refractivity contribution in [3.8, 4) is 0 Å². The molecule has 2 aliphatic rings. The zero-order chi connectivity index (χ0) is 23.6. The van der Waals surface area contributed by atoms with E-state index in [1.165, 1.54) is 24.2 Å². The van der Waals surface area contributed by atoms with Crippen LogP contribution in [0.2, 0.25) is 0 Å². The van der Waals surface area contributed by atoms with Crippen LogP contribution in [0.3, 0.4) is 0 Å². The number of aromatic nitrogens is 3. The summed E-state index contributed by atoms with van der Waals surface area (Å²) in [6.07, 6.45) is 13.2. The van der Waals surface area contributed by atoms with E-state index in [4.69, 9.17) is 0 Å². The van der Waals surface area contributed by atoms with Crippen LogP contribution in [-0.4, -0.2) is 35.4 Å². The van der Waals surface area contributed by atoms with Gasteiger partial charge in [0.1, 0.15) is 0 Å². The van der Waals surface area contributed by atoms with Gasteiger partial charge in [0.25, 0.3) is 0 Å². The van der Waals surface area contributed by atoms with E-state index in [0.29, 0.717) is 36.5 Å². The standard InChI is InChI=1S/C24H29N5O3S2/c30-22(28-23-26-12-15-33-23)24(16-21(24)18-4-1-2-5-18)19-6-8-20(9-7-19)34(31,32)27-10-3-13-29-14-11-25-17-29/h6-9,11-12,14-15,17-18,21,27H,1-5,10,13,16H2,(H,26,28,30)/t21-,24-/m0/s1. The number of hydrogen-bond acceptors (Lipinski definition) is 6. The maximum Gasteiger partial charge on any atom is 0.240 e. The summed E-state index contributed by atoms with van der Waals surface area (Å²) in [5, 5.41) is 5.44. The Hall–Kier alpha value is -2.56. The lowest BCUT2D eigenvalue weighted by atomic mass is 9.87. The first kappa shape index (κ1) is 23.2. The van der Waals surface area contributed by atoms with Gasteiger partial charge in [-0.15, -0.1) is 11.3 Å². The summed E-state index contributed by atoms with van der Waals surface area (Å²) in [5.74, 6) is 0.800. The van der Waals surface area contributed by atoms with Gasteiger partial charge in [-0.2, -0.15) is 0 Å². The number of benzene rings is 1. The van der Waals surface area contributed by atoms with Gasteiger partial charge in [0.15, 0.2) is 5.13 Å². The lowest BCUT2D eigenvalue weighted by Crippen LogP contribution is -2.31. The molecule has 10 heteroatoms. The first-order chi connectivity index (χ1) is 16.5. The Balaban J connectivity index is 1.29. The van der Waals surface area contributed by atoms with E-state index in [0.717, 1.165) is 24.8 Å². The number of carbonyl (C=O) groups excluding carboxylic acids is 1. The van der Waals surface area contributed by atoms with Crippen molar-refractivity contribution in [2.45, 2.75) is 55.4 Å². The van der Waals surface area contributed by atoms with E-state index >= 15 is 0 Å². The van der Waals surface area contributed by atoms with Gasteiger partial charge in [-0.05, 0) is 42.4 Å². The monoisotopic (exact) mass is 499 g/mol. The van der Waals surface area contributed by atoms with Crippen LogP contribution < -0.4 is 10.0 Å². The van der Waals surface area contributed by atoms with Gasteiger partial charge in [-0.1, -0.05) is 37.8 Å². The van der Waals surface area contributed by atoms with Crippen molar-refractivity contribution in [1.82, 2.24) is 19.3 Å². The van der Waals surface area contributed by atoms with E-state index in [1.54, 1.807) is 30.9 Å². The highest BCUT2D eigenvalue weighted by atomic mass is 32.2. The van der Waals surface area contributed by atoms with Crippen molar-refractivity contribution in [3.05, 3.63) is 60.1 Å². The molecule has 3 aromatic rings. The fourth-order valence-corrected chi connectivity index (χ4v) is 6.93. The second-order valence-corrected chi connectivity index (χ2v) is 11.9. The number of aryl methyl sites for hydroxylation is 1. The van der Waals surface area contributed by atoms with Crippen LogP contribution in [0.15, 0.2) is 59.5 Å². The van der Waals surface area contributed by atoms with Gasteiger partial charge in [0.05, 0.1) is 16.6 Å². The van der Waals surface area contributed by atoms with Crippen LogP contribution in [0, 0.1) is 11.8 Å². The molecule has 2 heterocycles. The Bertz CT molecular complexity index is 1200. The molecule has 1 aromatic carbocycles. The van der Waals surface area contributed by atoms with E-state index < -0.39 is 15.4 Å². The highest BCUT2D eigenvalue weighted by molar-refractivity contribution is 7.89.